The number of carboxylic acids is 1. The normalized spacial score (nSPS) is 27.2. The van der Waals surface area contributed by atoms with Gasteiger partial charge in [-0.15, -0.1) is 0 Å². The quantitative estimate of drug-likeness (QED) is 0.838. The lowest BCUT2D eigenvalue weighted by Crippen LogP contribution is -2.47. The lowest BCUT2D eigenvalue weighted by atomic mass is 9.69. The van der Waals surface area contributed by atoms with Gasteiger partial charge in [-0.2, -0.15) is 0 Å². The molecule has 0 amide bonds. The molecule has 1 N–H and O–H groups in total. The molecule has 0 aromatic carbocycles. The van der Waals surface area contributed by atoms with E-state index in [0.29, 0.717) is 23.9 Å². The minimum Gasteiger partial charge on any atom is -0.481 e. The molecule has 0 aromatic rings. The summed E-state index contributed by atoms with van der Waals surface area (Å²) in [5.74, 6) is -0.292. The number of carbonyl (C=O) groups is 1. The fourth-order valence-electron chi connectivity index (χ4n) is 3.29. The van der Waals surface area contributed by atoms with Crippen molar-refractivity contribution in [1.29, 1.82) is 0 Å². The van der Waals surface area contributed by atoms with Gasteiger partial charge in [0.25, 0.3) is 0 Å². The van der Waals surface area contributed by atoms with E-state index in [-0.39, 0.29) is 5.92 Å². The fraction of sp³-hybridized carbons (Fsp3) is 0.933. The molecule has 1 saturated carbocycles. The van der Waals surface area contributed by atoms with E-state index in [1.54, 1.807) is 6.92 Å². The Labute approximate surface area is 112 Å². The Hall–Kier alpha value is -0.570. The molecule has 1 fully saturated rings. The minimum atomic E-state index is -0.690. The van der Waals surface area contributed by atoms with Crippen LogP contribution in [0.1, 0.15) is 53.4 Å². The highest BCUT2D eigenvalue weighted by molar-refractivity contribution is 5.69. The molecule has 1 aliphatic rings. The van der Waals surface area contributed by atoms with E-state index in [1.807, 2.05) is 0 Å². The van der Waals surface area contributed by atoms with Crippen LogP contribution in [0, 0.1) is 17.3 Å². The summed E-state index contributed by atoms with van der Waals surface area (Å²) in [6, 6.07) is 0.542. The van der Waals surface area contributed by atoms with Crippen molar-refractivity contribution in [2.45, 2.75) is 59.4 Å². The van der Waals surface area contributed by atoms with Crippen LogP contribution in [0.25, 0.3) is 0 Å². The van der Waals surface area contributed by atoms with Crippen molar-refractivity contribution in [2.75, 3.05) is 13.6 Å². The van der Waals surface area contributed by atoms with Gasteiger partial charge in [-0.05, 0) is 31.2 Å². The molecule has 0 spiro atoms. The summed E-state index contributed by atoms with van der Waals surface area (Å²) in [6.07, 6.45) is 5.09. The van der Waals surface area contributed by atoms with Gasteiger partial charge < -0.3 is 10.0 Å². The second kappa shape index (κ2) is 6.05. The van der Waals surface area contributed by atoms with Crippen molar-refractivity contribution in [3.05, 3.63) is 0 Å². The topological polar surface area (TPSA) is 40.5 Å². The number of hydrogen-bond acceptors (Lipinski definition) is 2. The van der Waals surface area contributed by atoms with Crippen LogP contribution in [0.5, 0.6) is 0 Å². The molecule has 0 heterocycles. The van der Waals surface area contributed by atoms with Crippen molar-refractivity contribution in [1.82, 2.24) is 4.90 Å². The van der Waals surface area contributed by atoms with Crippen LogP contribution in [-0.4, -0.2) is 35.6 Å². The second-order valence-corrected chi connectivity index (χ2v) is 7.00. The van der Waals surface area contributed by atoms with Gasteiger partial charge in [0.15, 0.2) is 0 Å². The zero-order valence-electron chi connectivity index (χ0n) is 12.6. The third-order valence-electron chi connectivity index (χ3n) is 4.39. The lowest BCUT2D eigenvalue weighted by Gasteiger charge is -2.45. The maximum Gasteiger partial charge on any atom is 0.307 e. The van der Waals surface area contributed by atoms with Gasteiger partial charge in [-0.3, -0.25) is 4.79 Å². The van der Waals surface area contributed by atoms with E-state index in [0.717, 1.165) is 0 Å². The first-order valence-electron chi connectivity index (χ1n) is 7.16. The lowest BCUT2D eigenvalue weighted by molar-refractivity contribution is -0.142. The predicted octanol–water partition coefficient (Wildman–Crippen LogP) is 3.24. The molecule has 1 aliphatic carbocycles. The van der Waals surface area contributed by atoms with Crippen LogP contribution in [0.4, 0.5) is 0 Å². The van der Waals surface area contributed by atoms with E-state index in [9.17, 15) is 4.79 Å². The van der Waals surface area contributed by atoms with Gasteiger partial charge in [0, 0.05) is 12.6 Å². The number of nitrogens with zero attached hydrogens (tertiary/aromatic N) is 1. The molecule has 0 aromatic heterocycles. The van der Waals surface area contributed by atoms with Gasteiger partial charge in [-0.1, -0.05) is 40.5 Å². The Kier molecular flexibility index (Phi) is 5.20. The van der Waals surface area contributed by atoms with Crippen molar-refractivity contribution in [2.24, 2.45) is 17.3 Å². The van der Waals surface area contributed by atoms with Crippen LogP contribution in [0.3, 0.4) is 0 Å². The number of hydrogen-bond donors (Lipinski definition) is 1. The van der Waals surface area contributed by atoms with Crippen LogP contribution in [-0.2, 0) is 4.79 Å². The molecule has 106 valence electrons. The summed E-state index contributed by atoms with van der Waals surface area (Å²) in [7, 11) is 2.09. The molecule has 3 atom stereocenters. The molecular weight excluding hydrogens is 226 g/mol. The van der Waals surface area contributed by atoms with Crippen LogP contribution < -0.4 is 0 Å². The summed E-state index contributed by atoms with van der Waals surface area (Å²) in [6.45, 7) is 9.39. The molecule has 0 bridgehead atoms. The van der Waals surface area contributed by atoms with Crippen molar-refractivity contribution in [3.63, 3.8) is 0 Å². The highest BCUT2D eigenvalue weighted by Crippen LogP contribution is 2.40. The standard InChI is InChI=1S/C15H29NO2/c1-11(14(17)18)10-16(5)13-9-7-6-8-12(13)15(2,3)4/h11-13H,6-10H2,1-5H3,(H,17,18). The van der Waals surface area contributed by atoms with E-state index in [2.05, 4.69) is 32.7 Å². The van der Waals surface area contributed by atoms with Crippen LogP contribution in [0.15, 0.2) is 0 Å². The summed E-state index contributed by atoms with van der Waals surface area (Å²) >= 11 is 0. The maximum atomic E-state index is 11.0. The Morgan fingerprint density at radius 3 is 2.39 bits per heavy atom. The highest BCUT2D eigenvalue weighted by Gasteiger charge is 2.36. The maximum absolute atomic E-state index is 11.0. The molecule has 0 aliphatic heterocycles. The molecule has 0 radical (unpaired) electrons. The predicted molar refractivity (Wildman–Crippen MR) is 74.6 cm³/mol. The summed E-state index contributed by atoms with van der Waals surface area (Å²) in [5, 5.41) is 9.03. The number of rotatable bonds is 4. The van der Waals surface area contributed by atoms with E-state index >= 15 is 0 Å². The first kappa shape index (κ1) is 15.5. The summed E-state index contributed by atoms with van der Waals surface area (Å²) < 4.78 is 0. The van der Waals surface area contributed by atoms with Crippen molar-refractivity contribution < 1.29 is 9.90 Å². The third kappa shape index (κ3) is 3.98. The van der Waals surface area contributed by atoms with E-state index < -0.39 is 5.97 Å². The average molecular weight is 255 g/mol. The molecule has 3 heteroatoms. The SMILES string of the molecule is CC(CN(C)C1CCCCC1C(C)(C)C)C(=O)O. The Balaban J connectivity index is 2.68. The van der Waals surface area contributed by atoms with Crippen LogP contribution in [0.2, 0.25) is 0 Å². The molecule has 3 nitrogen and oxygen atoms in total. The van der Waals surface area contributed by atoms with Crippen molar-refractivity contribution in [3.8, 4) is 0 Å². The molecular formula is C15H29NO2. The van der Waals surface area contributed by atoms with Crippen LogP contribution >= 0.6 is 0 Å². The second-order valence-electron chi connectivity index (χ2n) is 7.00. The highest BCUT2D eigenvalue weighted by atomic mass is 16.4. The van der Waals surface area contributed by atoms with Gasteiger partial charge in [0.2, 0.25) is 0 Å². The van der Waals surface area contributed by atoms with Gasteiger partial charge in [-0.25, -0.2) is 0 Å². The monoisotopic (exact) mass is 255 g/mol. The number of aliphatic carboxylic acids is 1. The smallest absolute Gasteiger partial charge is 0.307 e. The first-order valence-corrected chi connectivity index (χ1v) is 7.16. The first-order chi connectivity index (χ1) is 8.23. The zero-order valence-corrected chi connectivity index (χ0v) is 12.6. The molecule has 0 saturated heterocycles. The van der Waals surface area contributed by atoms with Gasteiger partial charge >= 0.3 is 5.97 Å². The third-order valence-corrected chi connectivity index (χ3v) is 4.39. The van der Waals surface area contributed by atoms with E-state index in [4.69, 9.17) is 5.11 Å². The Bertz CT molecular complexity index is 283. The minimum absolute atomic E-state index is 0.280. The molecule has 18 heavy (non-hydrogen) atoms. The largest absolute Gasteiger partial charge is 0.481 e. The Morgan fingerprint density at radius 2 is 1.89 bits per heavy atom. The van der Waals surface area contributed by atoms with Crippen molar-refractivity contribution >= 4 is 5.97 Å². The fourth-order valence-corrected chi connectivity index (χ4v) is 3.29. The van der Waals surface area contributed by atoms with E-state index in [1.165, 1.54) is 25.7 Å². The summed E-state index contributed by atoms with van der Waals surface area (Å²) in [4.78, 5) is 13.3. The molecule has 3 unspecified atom stereocenters. The molecule has 1 rings (SSSR count). The number of carboxylic acid groups (broad SMARTS) is 1. The van der Waals surface area contributed by atoms with Gasteiger partial charge in [0.05, 0.1) is 5.92 Å². The average Bonchev–Trinajstić information content (AvgIpc) is 2.27. The summed E-state index contributed by atoms with van der Waals surface area (Å²) in [5.41, 5.74) is 0.311. The van der Waals surface area contributed by atoms with Gasteiger partial charge in [0.1, 0.15) is 0 Å². The zero-order chi connectivity index (χ0) is 13.9. The Morgan fingerprint density at radius 1 is 1.33 bits per heavy atom.